The van der Waals surface area contributed by atoms with Crippen molar-refractivity contribution in [3.05, 3.63) is 22.3 Å². The molecular formula is C34H64N2. The van der Waals surface area contributed by atoms with Crippen molar-refractivity contribution in [3.63, 3.8) is 0 Å². The van der Waals surface area contributed by atoms with Crippen LogP contribution in [0.25, 0.3) is 0 Å². The van der Waals surface area contributed by atoms with Crippen LogP contribution in [0.5, 0.6) is 0 Å². The molecule has 0 radical (unpaired) electrons. The van der Waals surface area contributed by atoms with Crippen LogP contribution in [0.4, 0.5) is 11.4 Å². The predicted molar refractivity (Wildman–Crippen MR) is 165 cm³/mol. The van der Waals surface area contributed by atoms with Crippen molar-refractivity contribution in [3.8, 4) is 0 Å². The maximum atomic E-state index is 7.08. The Morgan fingerprint density at radius 2 is 0.500 bits per heavy atom. The maximum Gasteiger partial charge on any atom is 0.0386 e. The van der Waals surface area contributed by atoms with Gasteiger partial charge in [0.1, 0.15) is 0 Å². The molecule has 0 atom stereocenters. The van der Waals surface area contributed by atoms with E-state index in [9.17, 15) is 0 Å². The van der Waals surface area contributed by atoms with Crippen molar-refractivity contribution in [1.82, 2.24) is 0 Å². The monoisotopic (exact) mass is 501 g/mol. The molecule has 36 heavy (non-hydrogen) atoms. The molecule has 0 unspecified atom stereocenters. The summed E-state index contributed by atoms with van der Waals surface area (Å²) in [6.45, 7) is 9.18. The molecule has 0 fully saturated rings. The second kappa shape index (κ2) is 21.9. The Labute approximate surface area is 226 Å². The lowest BCUT2D eigenvalue weighted by Gasteiger charge is -2.24. The first-order valence-corrected chi connectivity index (χ1v) is 16.3. The van der Waals surface area contributed by atoms with Crippen LogP contribution in [0.2, 0.25) is 0 Å². The summed E-state index contributed by atoms with van der Waals surface area (Å²) < 4.78 is 0. The smallest absolute Gasteiger partial charge is 0.0386 e. The minimum Gasteiger partial charge on any atom is -0.398 e. The molecule has 1 aromatic carbocycles. The molecule has 1 rings (SSSR count). The highest BCUT2D eigenvalue weighted by atomic mass is 14.6. The predicted octanol–water partition coefficient (Wildman–Crippen LogP) is 10.9. The fourth-order valence-corrected chi connectivity index (χ4v) is 5.78. The molecule has 0 spiro atoms. The van der Waals surface area contributed by atoms with Crippen LogP contribution in [-0.2, 0) is 25.7 Å². The average molecular weight is 501 g/mol. The van der Waals surface area contributed by atoms with Crippen molar-refractivity contribution < 1.29 is 0 Å². The normalized spacial score (nSPS) is 11.4. The summed E-state index contributed by atoms with van der Waals surface area (Å²) in [7, 11) is 0. The molecule has 0 saturated heterocycles. The molecule has 0 aliphatic rings. The van der Waals surface area contributed by atoms with E-state index in [1.807, 2.05) is 0 Å². The van der Waals surface area contributed by atoms with Crippen molar-refractivity contribution >= 4 is 11.4 Å². The number of hydrogen-bond donors (Lipinski definition) is 2. The molecular weight excluding hydrogens is 436 g/mol. The van der Waals surface area contributed by atoms with Crippen LogP contribution in [0.3, 0.4) is 0 Å². The minimum absolute atomic E-state index is 1.11. The first-order valence-electron chi connectivity index (χ1n) is 16.3. The van der Waals surface area contributed by atoms with Gasteiger partial charge in [0.05, 0.1) is 0 Å². The van der Waals surface area contributed by atoms with E-state index in [1.54, 1.807) is 0 Å². The average Bonchev–Trinajstić information content (AvgIpc) is 2.88. The van der Waals surface area contributed by atoms with Crippen molar-refractivity contribution in [2.75, 3.05) is 11.5 Å². The maximum absolute atomic E-state index is 7.08. The molecule has 1 aromatic rings. The van der Waals surface area contributed by atoms with E-state index in [0.29, 0.717) is 0 Å². The van der Waals surface area contributed by atoms with E-state index in [2.05, 4.69) is 27.7 Å². The van der Waals surface area contributed by atoms with E-state index >= 15 is 0 Å². The van der Waals surface area contributed by atoms with Gasteiger partial charge in [0, 0.05) is 11.4 Å². The Balaban J connectivity index is 3.16. The summed E-state index contributed by atoms with van der Waals surface area (Å²) in [5.74, 6) is 0. The van der Waals surface area contributed by atoms with E-state index in [-0.39, 0.29) is 0 Å². The zero-order chi connectivity index (χ0) is 26.4. The van der Waals surface area contributed by atoms with Gasteiger partial charge in [-0.1, -0.05) is 130 Å². The number of anilines is 2. The largest absolute Gasteiger partial charge is 0.398 e. The first-order chi connectivity index (χ1) is 17.6. The SMILES string of the molecule is CCCCCCCc1c(N)c(CCCCCCC)c(CCCCCCC)c(N)c1CCCCCCC. The molecule has 210 valence electrons. The molecule has 4 N–H and O–H groups in total. The lowest BCUT2D eigenvalue weighted by molar-refractivity contribution is 0.615. The highest BCUT2D eigenvalue weighted by Crippen LogP contribution is 2.37. The second-order valence-corrected chi connectivity index (χ2v) is 11.4. The fourth-order valence-electron chi connectivity index (χ4n) is 5.78. The van der Waals surface area contributed by atoms with Gasteiger partial charge >= 0.3 is 0 Å². The lowest BCUT2D eigenvalue weighted by Crippen LogP contribution is -2.13. The Hall–Kier alpha value is -1.18. The molecule has 0 aliphatic heterocycles. The summed E-state index contributed by atoms with van der Waals surface area (Å²) in [5, 5.41) is 0. The number of benzene rings is 1. The number of rotatable bonds is 24. The van der Waals surface area contributed by atoms with E-state index < -0.39 is 0 Å². The van der Waals surface area contributed by atoms with Crippen molar-refractivity contribution in [2.45, 2.75) is 182 Å². The summed E-state index contributed by atoms with van der Waals surface area (Å²) >= 11 is 0. The number of nitrogen functional groups attached to an aromatic ring is 2. The molecule has 0 saturated carbocycles. The van der Waals surface area contributed by atoms with Gasteiger partial charge in [-0.2, -0.15) is 0 Å². The van der Waals surface area contributed by atoms with E-state index in [0.717, 1.165) is 37.1 Å². The van der Waals surface area contributed by atoms with Crippen LogP contribution >= 0.6 is 0 Å². The zero-order valence-electron chi connectivity index (χ0n) is 25.1. The number of nitrogens with two attached hydrogens (primary N) is 2. The van der Waals surface area contributed by atoms with Crippen LogP contribution in [0.1, 0.15) is 178 Å². The summed E-state index contributed by atoms with van der Waals surface area (Å²) in [6, 6.07) is 0. The van der Waals surface area contributed by atoms with Gasteiger partial charge in [-0.25, -0.2) is 0 Å². The molecule has 0 aromatic heterocycles. The Morgan fingerprint density at radius 3 is 0.694 bits per heavy atom. The Morgan fingerprint density at radius 1 is 0.306 bits per heavy atom. The molecule has 2 heteroatoms. The topological polar surface area (TPSA) is 52.0 Å². The van der Waals surface area contributed by atoms with Gasteiger partial charge in [0.15, 0.2) is 0 Å². The van der Waals surface area contributed by atoms with Crippen LogP contribution in [0, 0.1) is 0 Å². The van der Waals surface area contributed by atoms with Crippen molar-refractivity contribution in [1.29, 1.82) is 0 Å². The van der Waals surface area contributed by atoms with Crippen LogP contribution in [-0.4, -0.2) is 0 Å². The van der Waals surface area contributed by atoms with Gasteiger partial charge < -0.3 is 11.5 Å². The van der Waals surface area contributed by atoms with Gasteiger partial charge in [0.2, 0.25) is 0 Å². The van der Waals surface area contributed by atoms with Crippen LogP contribution < -0.4 is 11.5 Å². The Bertz CT molecular complexity index is 554. The zero-order valence-corrected chi connectivity index (χ0v) is 25.1. The first kappa shape index (κ1) is 32.8. The number of unbranched alkanes of at least 4 members (excludes halogenated alkanes) is 16. The molecule has 0 bridgehead atoms. The summed E-state index contributed by atoms with van der Waals surface area (Å²) in [6.07, 6.45) is 30.7. The van der Waals surface area contributed by atoms with Crippen LogP contribution in [0.15, 0.2) is 0 Å². The molecule has 0 heterocycles. The summed E-state index contributed by atoms with van der Waals surface area (Å²) in [5.41, 5.74) is 22.1. The van der Waals surface area contributed by atoms with E-state index in [1.165, 1.54) is 151 Å². The highest BCUT2D eigenvalue weighted by molar-refractivity contribution is 5.71. The number of hydrogen-bond acceptors (Lipinski definition) is 2. The van der Waals surface area contributed by atoms with Crippen molar-refractivity contribution in [2.24, 2.45) is 0 Å². The van der Waals surface area contributed by atoms with Gasteiger partial charge in [-0.3, -0.25) is 0 Å². The van der Waals surface area contributed by atoms with Gasteiger partial charge in [-0.15, -0.1) is 0 Å². The lowest BCUT2D eigenvalue weighted by atomic mass is 9.84. The van der Waals surface area contributed by atoms with Gasteiger partial charge in [0.25, 0.3) is 0 Å². The highest BCUT2D eigenvalue weighted by Gasteiger charge is 2.20. The molecule has 0 aliphatic carbocycles. The molecule has 0 amide bonds. The second-order valence-electron chi connectivity index (χ2n) is 11.4. The van der Waals surface area contributed by atoms with Gasteiger partial charge in [-0.05, 0) is 73.6 Å². The fraction of sp³-hybridized carbons (Fsp3) is 0.824. The van der Waals surface area contributed by atoms with E-state index in [4.69, 9.17) is 11.5 Å². The third-order valence-electron chi connectivity index (χ3n) is 8.15. The molecule has 2 nitrogen and oxygen atoms in total. The minimum atomic E-state index is 1.11. The standard InChI is InChI=1S/C34H64N2/c1-5-9-13-17-21-25-29-30(26-22-18-14-10-6-2)34(36)32(28-24-20-16-12-8-4)31(33(29)35)27-23-19-15-11-7-3/h5-28,35-36H2,1-4H3. The summed E-state index contributed by atoms with van der Waals surface area (Å²) in [4.78, 5) is 0. The third kappa shape index (κ3) is 12.9. The third-order valence-corrected chi connectivity index (χ3v) is 8.15. The quantitative estimate of drug-likeness (QED) is 0.109. The Kier molecular flexibility index (Phi) is 19.9.